The lowest BCUT2D eigenvalue weighted by Crippen LogP contribution is -2.27. The van der Waals surface area contributed by atoms with Gasteiger partial charge in [-0.15, -0.1) is 0 Å². The standard InChI is InChI=1S/C17H27N/c1-13-14-8-6-4-5-7-9-15(14)18-11-10-17(2,3)12-16(13)18/h4-12H2,1-3H3. The fourth-order valence-corrected chi connectivity index (χ4v) is 3.94. The maximum Gasteiger partial charge on any atom is 0.0230 e. The Bertz CT molecular complexity index is 451. The minimum atomic E-state index is 0.508. The molecule has 1 heteroatoms. The van der Waals surface area contributed by atoms with Gasteiger partial charge in [0.2, 0.25) is 0 Å². The molecule has 2 heterocycles. The van der Waals surface area contributed by atoms with Gasteiger partial charge in [0.25, 0.3) is 0 Å². The zero-order chi connectivity index (χ0) is 12.8. The first-order valence-corrected chi connectivity index (χ1v) is 7.78. The summed E-state index contributed by atoms with van der Waals surface area (Å²) >= 11 is 0. The Hall–Kier alpha value is -0.720. The Morgan fingerprint density at radius 1 is 0.944 bits per heavy atom. The highest BCUT2D eigenvalue weighted by atomic mass is 15.0. The van der Waals surface area contributed by atoms with Gasteiger partial charge in [-0.2, -0.15) is 0 Å². The van der Waals surface area contributed by atoms with Gasteiger partial charge >= 0.3 is 0 Å². The van der Waals surface area contributed by atoms with Gasteiger partial charge < -0.3 is 4.57 Å². The van der Waals surface area contributed by atoms with Crippen LogP contribution < -0.4 is 0 Å². The molecule has 0 saturated heterocycles. The summed E-state index contributed by atoms with van der Waals surface area (Å²) in [5.74, 6) is 0. The third-order valence-electron chi connectivity index (χ3n) is 5.13. The zero-order valence-corrected chi connectivity index (χ0v) is 12.3. The molecule has 1 aromatic heterocycles. The maximum absolute atomic E-state index is 2.70. The number of hydrogen-bond acceptors (Lipinski definition) is 0. The molecule has 1 aromatic rings. The van der Waals surface area contributed by atoms with Crippen LogP contribution in [0, 0.1) is 12.3 Å². The molecule has 100 valence electrons. The van der Waals surface area contributed by atoms with Crippen molar-refractivity contribution in [2.24, 2.45) is 5.41 Å². The molecule has 0 aromatic carbocycles. The second kappa shape index (κ2) is 4.43. The molecule has 0 radical (unpaired) electrons. The molecule has 1 nitrogen and oxygen atoms in total. The average molecular weight is 245 g/mol. The van der Waals surface area contributed by atoms with Crippen molar-refractivity contribution >= 4 is 0 Å². The number of fused-ring (bicyclic) bond motifs is 3. The summed E-state index contributed by atoms with van der Waals surface area (Å²) in [6.45, 7) is 8.51. The van der Waals surface area contributed by atoms with E-state index in [9.17, 15) is 0 Å². The minimum Gasteiger partial charge on any atom is -0.348 e. The van der Waals surface area contributed by atoms with Crippen LogP contribution in [0.5, 0.6) is 0 Å². The Kier molecular flexibility index (Phi) is 3.03. The van der Waals surface area contributed by atoms with Gasteiger partial charge in [-0.3, -0.25) is 0 Å². The van der Waals surface area contributed by atoms with Crippen molar-refractivity contribution in [1.82, 2.24) is 4.57 Å². The summed E-state index contributed by atoms with van der Waals surface area (Å²) in [4.78, 5) is 0. The van der Waals surface area contributed by atoms with Gasteiger partial charge in [0, 0.05) is 17.9 Å². The van der Waals surface area contributed by atoms with Crippen molar-refractivity contribution < 1.29 is 0 Å². The van der Waals surface area contributed by atoms with Crippen LogP contribution in [-0.4, -0.2) is 4.57 Å². The molecular formula is C17H27N. The normalized spacial score (nSPS) is 22.8. The molecular weight excluding hydrogens is 218 g/mol. The lowest BCUT2D eigenvalue weighted by atomic mass is 9.81. The van der Waals surface area contributed by atoms with Crippen molar-refractivity contribution in [3.05, 3.63) is 22.5 Å². The second-order valence-corrected chi connectivity index (χ2v) is 7.15. The van der Waals surface area contributed by atoms with Crippen LogP contribution in [0.25, 0.3) is 0 Å². The Labute approximate surface area is 112 Å². The van der Waals surface area contributed by atoms with Gasteiger partial charge in [0.15, 0.2) is 0 Å². The summed E-state index contributed by atoms with van der Waals surface area (Å²) < 4.78 is 2.70. The van der Waals surface area contributed by atoms with Crippen LogP contribution in [-0.2, 0) is 25.8 Å². The summed E-state index contributed by atoms with van der Waals surface area (Å²) in [7, 11) is 0. The van der Waals surface area contributed by atoms with Gasteiger partial charge in [-0.25, -0.2) is 0 Å². The van der Waals surface area contributed by atoms with E-state index in [1.54, 1.807) is 22.5 Å². The molecule has 0 spiro atoms. The monoisotopic (exact) mass is 245 g/mol. The third kappa shape index (κ3) is 2.02. The molecule has 0 amide bonds. The molecule has 0 N–H and O–H groups in total. The van der Waals surface area contributed by atoms with Crippen LogP contribution in [0.2, 0.25) is 0 Å². The third-order valence-corrected chi connectivity index (χ3v) is 5.13. The van der Waals surface area contributed by atoms with E-state index in [0.29, 0.717) is 5.41 Å². The first kappa shape index (κ1) is 12.3. The van der Waals surface area contributed by atoms with E-state index in [1.165, 1.54) is 57.9 Å². The Morgan fingerprint density at radius 3 is 2.44 bits per heavy atom. The largest absolute Gasteiger partial charge is 0.348 e. The highest BCUT2D eigenvalue weighted by molar-refractivity contribution is 5.40. The van der Waals surface area contributed by atoms with E-state index in [-0.39, 0.29) is 0 Å². The summed E-state index contributed by atoms with van der Waals surface area (Å²) in [5, 5.41) is 0. The van der Waals surface area contributed by atoms with E-state index in [4.69, 9.17) is 0 Å². The van der Waals surface area contributed by atoms with E-state index in [1.807, 2.05) is 0 Å². The predicted molar refractivity (Wildman–Crippen MR) is 77.1 cm³/mol. The molecule has 0 atom stereocenters. The maximum atomic E-state index is 2.70. The number of hydrogen-bond donors (Lipinski definition) is 0. The second-order valence-electron chi connectivity index (χ2n) is 7.15. The minimum absolute atomic E-state index is 0.508. The summed E-state index contributed by atoms with van der Waals surface area (Å²) in [5.41, 5.74) is 7.24. The first-order valence-electron chi connectivity index (χ1n) is 7.78. The SMILES string of the molecule is Cc1c2c(n3c1CC(C)(C)CC3)CCCCCC2. The van der Waals surface area contributed by atoms with Crippen LogP contribution >= 0.6 is 0 Å². The highest BCUT2D eigenvalue weighted by Gasteiger charge is 2.30. The predicted octanol–water partition coefficient (Wildman–Crippen LogP) is 4.43. The fourth-order valence-electron chi connectivity index (χ4n) is 3.94. The van der Waals surface area contributed by atoms with Gasteiger partial charge in [0.05, 0.1) is 0 Å². The Balaban J connectivity index is 2.05. The summed E-state index contributed by atoms with van der Waals surface area (Å²) in [6, 6.07) is 0. The number of nitrogens with zero attached hydrogens (tertiary/aromatic N) is 1. The quantitative estimate of drug-likeness (QED) is 0.637. The topological polar surface area (TPSA) is 4.93 Å². The molecule has 0 saturated carbocycles. The molecule has 18 heavy (non-hydrogen) atoms. The molecule has 0 bridgehead atoms. The molecule has 1 aliphatic heterocycles. The average Bonchev–Trinajstić information content (AvgIpc) is 2.50. The fraction of sp³-hybridized carbons (Fsp3) is 0.765. The number of rotatable bonds is 0. The molecule has 0 fully saturated rings. The van der Waals surface area contributed by atoms with Gasteiger partial charge in [-0.1, -0.05) is 26.7 Å². The van der Waals surface area contributed by atoms with Crippen molar-refractivity contribution in [1.29, 1.82) is 0 Å². The van der Waals surface area contributed by atoms with E-state index in [2.05, 4.69) is 25.3 Å². The van der Waals surface area contributed by atoms with Gasteiger partial charge in [-0.05, 0) is 62.0 Å². The molecule has 1 aliphatic carbocycles. The summed E-state index contributed by atoms with van der Waals surface area (Å²) in [6.07, 6.45) is 11.0. The smallest absolute Gasteiger partial charge is 0.0230 e. The van der Waals surface area contributed by atoms with E-state index < -0.39 is 0 Å². The lowest BCUT2D eigenvalue weighted by Gasteiger charge is -2.32. The van der Waals surface area contributed by atoms with Crippen LogP contribution in [0.4, 0.5) is 0 Å². The highest BCUT2D eigenvalue weighted by Crippen LogP contribution is 2.38. The van der Waals surface area contributed by atoms with Crippen molar-refractivity contribution in [3.8, 4) is 0 Å². The van der Waals surface area contributed by atoms with Crippen LogP contribution in [0.1, 0.15) is 68.5 Å². The molecule has 0 unspecified atom stereocenters. The molecule has 2 aliphatic rings. The van der Waals surface area contributed by atoms with Crippen LogP contribution in [0.15, 0.2) is 0 Å². The van der Waals surface area contributed by atoms with E-state index in [0.717, 1.165) is 0 Å². The number of aromatic nitrogens is 1. The van der Waals surface area contributed by atoms with E-state index >= 15 is 0 Å². The lowest BCUT2D eigenvalue weighted by molar-refractivity contribution is 0.268. The van der Waals surface area contributed by atoms with Crippen molar-refractivity contribution in [2.75, 3.05) is 0 Å². The zero-order valence-electron chi connectivity index (χ0n) is 12.3. The Morgan fingerprint density at radius 2 is 1.67 bits per heavy atom. The first-order chi connectivity index (χ1) is 8.58. The van der Waals surface area contributed by atoms with Crippen molar-refractivity contribution in [2.45, 2.75) is 78.7 Å². The van der Waals surface area contributed by atoms with Gasteiger partial charge in [0.1, 0.15) is 0 Å². The molecule has 3 rings (SSSR count). The van der Waals surface area contributed by atoms with Crippen molar-refractivity contribution in [3.63, 3.8) is 0 Å². The van der Waals surface area contributed by atoms with Crippen LogP contribution in [0.3, 0.4) is 0 Å².